The minimum absolute atomic E-state index is 0.602. The summed E-state index contributed by atoms with van der Waals surface area (Å²) in [7, 11) is 0. The fraction of sp³-hybridized carbons (Fsp3) is 1.00. The minimum Gasteiger partial charge on any atom is -0.329 e. The quantitative estimate of drug-likeness (QED) is 0.507. The predicted octanol–water partition coefficient (Wildman–Crippen LogP) is 0.0856. The first kappa shape index (κ1) is 6.05. The van der Waals surface area contributed by atoms with Gasteiger partial charge < -0.3 is 11.1 Å². The van der Waals surface area contributed by atoms with Gasteiger partial charge in [0.25, 0.3) is 0 Å². The van der Waals surface area contributed by atoms with Crippen LogP contribution in [0.25, 0.3) is 0 Å². The van der Waals surface area contributed by atoms with Gasteiger partial charge in [0.2, 0.25) is 0 Å². The van der Waals surface area contributed by atoms with Crippen molar-refractivity contribution in [3.8, 4) is 0 Å². The highest BCUT2D eigenvalue weighted by Crippen LogP contribution is 2.09. The molecule has 8 heavy (non-hydrogen) atoms. The van der Waals surface area contributed by atoms with E-state index in [0.29, 0.717) is 12.1 Å². The molecule has 0 aliphatic carbocycles. The molecule has 1 unspecified atom stereocenters. The van der Waals surface area contributed by atoms with E-state index in [9.17, 15) is 0 Å². The average Bonchev–Trinajstić information content (AvgIpc) is 2.14. The van der Waals surface area contributed by atoms with Gasteiger partial charge in [-0.25, -0.2) is 0 Å². The van der Waals surface area contributed by atoms with E-state index in [0.717, 1.165) is 6.54 Å². The first-order valence-electron chi connectivity index (χ1n) is 3.29. The second-order valence-electron chi connectivity index (χ2n) is 2.58. The zero-order valence-electron chi connectivity index (χ0n) is 5.35. The molecular weight excluding hydrogens is 100 g/mol. The lowest BCUT2D eigenvalue weighted by Crippen LogP contribution is -2.33. The molecule has 0 bridgehead atoms. The van der Waals surface area contributed by atoms with E-state index in [-0.39, 0.29) is 0 Å². The highest BCUT2D eigenvalue weighted by Gasteiger charge is 2.17. The van der Waals surface area contributed by atoms with E-state index >= 15 is 0 Å². The summed E-state index contributed by atoms with van der Waals surface area (Å²) in [6.07, 6.45) is 2.56. The third kappa shape index (κ3) is 1.20. The maximum atomic E-state index is 5.43. The fourth-order valence-corrected chi connectivity index (χ4v) is 1.21. The second kappa shape index (κ2) is 2.46. The third-order valence-electron chi connectivity index (χ3n) is 1.75. The normalized spacial score (nSPS) is 38.2. The zero-order chi connectivity index (χ0) is 5.98. The van der Waals surface area contributed by atoms with Crippen LogP contribution in [0.15, 0.2) is 0 Å². The summed E-state index contributed by atoms with van der Waals surface area (Å²) in [4.78, 5) is 0. The van der Waals surface area contributed by atoms with Crippen LogP contribution in [-0.2, 0) is 0 Å². The van der Waals surface area contributed by atoms with E-state index in [1.54, 1.807) is 0 Å². The standard InChI is InChI=1S/C6H14N2/c1-5-2-3-6(4-7)8-5/h5-6,8H,2-4,7H2,1H3/t5-,6?/m0/s1. The SMILES string of the molecule is C[C@H]1CCC(CN)N1. The van der Waals surface area contributed by atoms with Crippen molar-refractivity contribution in [3.63, 3.8) is 0 Å². The van der Waals surface area contributed by atoms with Crippen LogP contribution in [0.5, 0.6) is 0 Å². The van der Waals surface area contributed by atoms with Crippen LogP contribution in [0, 0.1) is 0 Å². The Morgan fingerprint density at radius 1 is 1.62 bits per heavy atom. The average molecular weight is 114 g/mol. The zero-order valence-corrected chi connectivity index (χ0v) is 5.35. The summed E-state index contributed by atoms with van der Waals surface area (Å²) in [5, 5.41) is 3.38. The van der Waals surface area contributed by atoms with Crippen LogP contribution in [-0.4, -0.2) is 18.6 Å². The molecule has 0 radical (unpaired) electrons. The Kier molecular flexibility index (Phi) is 1.86. The first-order valence-corrected chi connectivity index (χ1v) is 3.29. The minimum atomic E-state index is 0.602. The van der Waals surface area contributed by atoms with Crippen LogP contribution in [0.4, 0.5) is 0 Å². The summed E-state index contributed by atoms with van der Waals surface area (Å²) in [5.41, 5.74) is 5.43. The van der Waals surface area contributed by atoms with E-state index < -0.39 is 0 Å². The molecule has 2 nitrogen and oxygen atoms in total. The predicted molar refractivity (Wildman–Crippen MR) is 34.7 cm³/mol. The van der Waals surface area contributed by atoms with Crippen LogP contribution < -0.4 is 11.1 Å². The van der Waals surface area contributed by atoms with Crippen molar-refractivity contribution in [3.05, 3.63) is 0 Å². The molecule has 0 saturated carbocycles. The number of hydrogen-bond donors (Lipinski definition) is 2. The van der Waals surface area contributed by atoms with Gasteiger partial charge in [-0.15, -0.1) is 0 Å². The largest absolute Gasteiger partial charge is 0.329 e. The van der Waals surface area contributed by atoms with Gasteiger partial charge in [-0.2, -0.15) is 0 Å². The van der Waals surface area contributed by atoms with Crippen molar-refractivity contribution in [2.75, 3.05) is 6.54 Å². The van der Waals surface area contributed by atoms with Crippen molar-refractivity contribution >= 4 is 0 Å². The molecule has 0 amide bonds. The molecule has 1 aliphatic heterocycles. The Hall–Kier alpha value is -0.0800. The van der Waals surface area contributed by atoms with Crippen molar-refractivity contribution in [1.29, 1.82) is 0 Å². The molecule has 0 aromatic heterocycles. The molecule has 2 heteroatoms. The maximum absolute atomic E-state index is 5.43. The Labute approximate surface area is 50.4 Å². The number of hydrogen-bond acceptors (Lipinski definition) is 2. The van der Waals surface area contributed by atoms with Gasteiger partial charge in [-0.1, -0.05) is 0 Å². The lowest BCUT2D eigenvalue weighted by Gasteiger charge is -2.06. The molecule has 0 aromatic rings. The van der Waals surface area contributed by atoms with Crippen LogP contribution in [0.1, 0.15) is 19.8 Å². The summed E-state index contributed by atoms with van der Waals surface area (Å²) >= 11 is 0. The van der Waals surface area contributed by atoms with Crippen LogP contribution in [0.2, 0.25) is 0 Å². The monoisotopic (exact) mass is 114 g/mol. The lowest BCUT2D eigenvalue weighted by molar-refractivity contribution is 0.568. The second-order valence-corrected chi connectivity index (χ2v) is 2.58. The highest BCUT2D eigenvalue weighted by molar-refractivity contribution is 4.80. The molecule has 1 heterocycles. The van der Waals surface area contributed by atoms with E-state index in [4.69, 9.17) is 5.73 Å². The maximum Gasteiger partial charge on any atom is 0.0193 e. The summed E-state index contributed by atoms with van der Waals surface area (Å²) < 4.78 is 0. The molecule has 0 spiro atoms. The summed E-state index contributed by atoms with van der Waals surface area (Å²) in [5.74, 6) is 0. The molecule has 1 aliphatic rings. The molecule has 1 fully saturated rings. The molecular formula is C6H14N2. The first-order chi connectivity index (χ1) is 3.83. The van der Waals surface area contributed by atoms with E-state index in [1.807, 2.05) is 0 Å². The van der Waals surface area contributed by atoms with Crippen molar-refractivity contribution in [2.45, 2.75) is 31.8 Å². The Bertz CT molecular complexity index is 72.9. The molecule has 0 aromatic carbocycles. The van der Waals surface area contributed by atoms with Crippen LogP contribution in [0.3, 0.4) is 0 Å². The number of rotatable bonds is 1. The molecule has 2 atom stereocenters. The molecule has 48 valence electrons. The smallest absolute Gasteiger partial charge is 0.0193 e. The van der Waals surface area contributed by atoms with Crippen molar-refractivity contribution in [2.24, 2.45) is 5.73 Å². The van der Waals surface area contributed by atoms with Gasteiger partial charge in [0.05, 0.1) is 0 Å². The van der Waals surface area contributed by atoms with Gasteiger partial charge in [0.15, 0.2) is 0 Å². The molecule has 1 saturated heterocycles. The lowest BCUT2D eigenvalue weighted by atomic mass is 10.2. The third-order valence-corrected chi connectivity index (χ3v) is 1.75. The van der Waals surface area contributed by atoms with Gasteiger partial charge in [0, 0.05) is 18.6 Å². The van der Waals surface area contributed by atoms with Gasteiger partial charge in [-0.3, -0.25) is 0 Å². The van der Waals surface area contributed by atoms with Gasteiger partial charge >= 0.3 is 0 Å². The summed E-state index contributed by atoms with van der Waals surface area (Å²) in [6.45, 7) is 3.00. The summed E-state index contributed by atoms with van der Waals surface area (Å²) in [6, 6.07) is 1.30. The van der Waals surface area contributed by atoms with Crippen LogP contribution >= 0.6 is 0 Å². The van der Waals surface area contributed by atoms with E-state index in [2.05, 4.69) is 12.2 Å². The molecule has 3 N–H and O–H groups in total. The number of nitrogens with two attached hydrogens (primary N) is 1. The fourth-order valence-electron chi connectivity index (χ4n) is 1.21. The Morgan fingerprint density at radius 2 is 2.38 bits per heavy atom. The molecule has 1 rings (SSSR count). The van der Waals surface area contributed by atoms with Gasteiger partial charge in [0.1, 0.15) is 0 Å². The van der Waals surface area contributed by atoms with Crippen molar-refractivity contribution in [1.82, 2.24) is 5.32 Å². The Morgan fingerprint density at radius 3 is 2.62 bits per heavy atom. The van der Waals surface area contributed by atoms with Crippen molar-refractivity contribution < 1.29 is 0 Å². The van der Waals surface area contributed by atoms with Gasteiger partial charge in [-0.05, 0) is 19.8 Å². The van der Waals surface area contributed by atoms with E-state index in [1.165, 1.54) is 12.8 Å². The highest BCUT2D eigenvalue weighted by atomic mass is 15.0. The Balaban J connectivity index is 2.22. The topological polar surface area (TPSA) is 38.0 Å². The number of nitrogens with one attached hydrogen (secondary N) is 1.